The molecule has 0 aromatic heterocycles. The third-order valence-electron chi connectivity index (χ3n) is 21.0. The van der Waals surface area contributed by atoms with Crippen molar-refractivity contribution in [2.24, 2.45) is 46.3 Å². The highest BCUT2D eigenvalue weighted by Gasteiger charge is 2.66. The van der Waals surface area contributed by atoms with Crippen LogP contribution in [-0.2, 0) is 35.1 Å². The van der Waals surface area contributed by atoms with Crippen LogP contribution in [0.15, 0.2) is 109 Å². The number of ether oxygens (including phenoxy) is 4. The number of Topliss-reactive ketones (excluding diaryl/α,β-unsaturated/α-hetero) is 1. The lowest BCUT2D eigenvalue weighted by atomic mass is 9.43. The number of nitrogens with one attached hydrogen (secondary N) is 2. The molecule has 0 amide bonds. The van der Waals surface area contributed by atoms with Crippen molar-refractivity contribution in [3.63, 3.8) is 0 Å². The Morgan fingerprint density at radius 2 is 1.20 bits per heavy atom. The Hall–Kier alpha value is -8.32. The van der Waals surface area contributed by atoms with Crippen molar-refractivity contribution in [2.75, 3.05) is 10.8 Å². The SMILES string of the molecule is CC(CCC(=O)C(Nc1cc(O)cc2c1C1(OC(=O)c3ccccc31)c1ccc(O)cc1O2)C(=O)ONc1cc(O)cc2c1C1(OC(=O)c3ccccc31)c1ccc(O)cc1O2)C1CCC2C3C(O)CC4CC(O)CCC4(C)C3CC(O)C12C. The number of anilines is 2. The molecule has 6 aromatic rings. The summed E-state index contributed by atoms with van der Waals surface area (Å²) in [6.07, 6.45) is 3.24. The summed E-state index contributed by atoms with van der Waals surface area (Å²) in [6.45, 7) is 6.47. The molecule has 9 N–H and O–H groups in total. The predicted molar refractivity (Wildman–Crippen MR) is 301 cm³/mol. The van der Waals surface area contributed by atoms with Gasteiger partial charge in [-0.2, -0.15) is 0 Å². The standard InChI is InChI=1S/C66H64N2O16/c1-31(40-17-18-45-56-46(30-55(76)64(40,45)3)63(2)21-20-35(71)22-32(63)23-50(56)75)12-19-49(74)59(67-47-24-36(72)28-53-57(47)65(43-15-13-33(69)26-51(43)80-53)41-10-6-4-8-38(41)60(77)82-65)62(79)84-68-48-25-37(73)29-54-58(48)66(44-16-14-34(70)27-52(44)81-54)42-11-7-5-9-39(42)61(78)83-66/h4-11,13-16,24-29,31-32,35,40,45-46,50,55-56,59,67-73,75-76H,12,17-23,30H2,1-3H3. The van der Waals surface area contributed by atoms with Crippen molar-refractivity contribution in [1.29, 1.82) is 0 Å². The number of aliphatic hydroxyl groups excluding tert-OH is 3. The monoisotopic (exact) mass is 1140 g/mol. The van der Waals surface area contributed by atoms with Gasteiger partial charge >= 0.3 is 17.9 Å². The molecule has 14 atom stereocenters. The number of phenolic OH excluding ortho intramolecular Hbond substituents is 4. The lowest BCUT2D eigenvalue weighted by Gasteiger charge is -2.63. The third-order valence-corrected chi connectivity index (χ3v) is 21.0. The van der Waals surface area contributed by atoms with E-state index in [1.807, 2.05) is 6.92 Å². The molecular formula is C66H64N2O16. The smallest absolute Gasteiger partial charge is 0.361 e. The number of hydrogen-bond acceptors (Lipinski definition) is 18. The maximum absolute atomic E-state index is 15.4. The Labute approximate surface area is 482 Å². The van der Waals surface area contributed by atoms with Gasteiger partial charge in [-0.05, 0) is 134 Å². The number of esters is 2. The molecule has 2 spiro atoms. The van der Waals surface area contributed by atoms with E-state index in [1.54, 1.807) is 54.6 Å². The normalized spacial score (nSPS) is 31.3. The summed E-state index contributed by atoms with van der Waals surface area (Å²) >= 11 is 0. The van der Waals surface area contributed by atoms with Crippen molar-refractivity contribution in [3.8, 4) is 46.0 Å². The molecular weight excluding hydrogens is 1080 g/mol. The van der Waals surface area contributed by atoms with Crippen LogP contribution in [0.5, 0.6) is 46.0 Å². The van der Waals surface area contributed by atoms with Crippen LogP contribution in [0, 0.1) is 46.3 Å². The van der Waals surface area contributed by atoms with Crippen molar-refractivity contribution < 1.29 is 78.7 Å². The summed E-state index contributed by atoms with van der Waals surface area (Å²) in [5.74, 6) is -4.17. The summed E-state index contributed by atoms with van der Waals surface area (Å²) in [4.78, 5) is 64.5. The summed E-state index contributed by atoms with van der Waals surface area (Å²) in [5.41, 5.74) is 0.197. The van der Waals surface area contributed by atoms with Gasteiger partial charge in [0.15, 0.2) is 23.0 Å². The molecule has 14 rings (SSSR count). The molecule has 14 unspecified atom stereocenters. The lowest BCUT2D eigenvalue weighted by Crippen LogP contribution is -2.62. The minimum atomic E-state index is -1.90. The highest BCUT2D eigenvalue weighted by molar-refractivity contribution is 6.06. The minimum absolute atomic E-state index is 0.00875. The first-order valence-electron chi connectivity index (χ1n) is 29.0. The molecule has 84 heavy (non-hydrogen) atoms. The van der Waals surface area contributed by atoms with Gasteiger partial charge in [0.25, 0.3) is 0 Å². The fourth-order valence-electron chi connectivity index (χ4n) is 17.2. The second kappa shape index (κ2) is 19.1. The van der Waals surface area contributed by atoms with Crippen LogP contribution in [0.1, 0.15) is 133 Å². The fraction of sp³-hybridized carbons (Fsp3) is 0.394. The number of phenols is 4. The maximum atomic E-state index is 15.4. The molecule has 18 nitrogen and oxygen atoms in total. The van der Waals surface area contributed by atoms with Crippen LogP contribution in [0.2, 0.25) is 0 Å². The molecule has 0 bridgehead atoms. The Morgan fingerprint density at radius 3 is 1.81 bits per heavy atom. The Bertz CT molecular complexity index is 3790. The third kappa shape index (κ3) is 7.71. The van der Waals surface area contributed by atoms with E-state index in [1.165, 1.54) is 54.6 Å². The van der Waals surface area contributed by atoms with Gasteiger partial charge < -0.3 is 64.8 Å². The van der Waals surface area contributed by atoms with Crippen LogP contribution in [0.25, 0.3) is 0 Å². The van der Waals surface area contributed by atoms with E-state index in [-0.39, 0.29) is 133 Å². The zero-order valence-electron chi connectivity index (χ0n) is 46.3. The first-order chi connectivity index (χ1) is 40.2. The fourth-order valence-corrected chi connectivity index (χ4v) is 17.2. The topological polar surface area (TPSA) is 280 Å². The van der Waals surface area contributed by atoms with Gasteiger partial charge in [-0.25, -0.2) is 19.9 Å². The average Bonchev–Trinajstić information content (AvgIpc) is 2.40. The highest BCUT2D eigenvalue weighted by atomic mass is 16.7. The first kappa shape index (κ1) is 53.7. The van der Waals surface area contributed by atoms with Gasteiger partial charge in [0.1, 0.15) is 46.0 Å². The quantitative estimate of drug-likeness (QED) is 0.0267. The molecule has 434 valence electrons. The van der Waals surface area contributed by atoms with Gasteiger partial charge in [-0.15, -0.1) is 0 Å². The summed E-state index contributed by atoms with van der Waals surface area (Å²) in [5, 5.41) is 82.2. The van der Waals surface area contributed by atoms with Gasteiger partial charge in [0.05, 0.1) is 51.9 Å². The number of hydrogen-bond donors (Lipinski definition) is 9. The molecule has 8 aliphatic rings. The molecule has 0 radical (unpaired) electrons. The molecule has 4 aliphatic carbocycles. The molecule has 18 heteroatoms. The van der Waals surface area contributed by atoms with E-state index < -0.39 is 64.7 Å². The zero-order valence-corrected chi connectivity index (χ0v) is 46.3. The second-order valence-corrected chi connectivity index (χ2v) is 25.1. The zero-order chi connectivity index (χ0) is 58.5. The predicted octanol–water partition coefficient (Wildman–Crippen LogP) is 9.94. The number of aromatic hydroxyl groups is 4. The number of carbonyl (C=O) groups excluding carboxylic acids is 4. The molecule has 0 saturated heterocycles. The van der Waals surface area contributed by atoms with Crippen molar-refractivity contribution in [3.05, 3.63) is 154 Å². The largest absolute Gasteiger partial charge is 0.508 e. The highest BCUT2D eigenvalue weighted by Crippen LogP contribution is 2.69. The Morgan fingerprint density at radius 1 is 0.643 bits per heavy atom. The van der Waals surface area contributed by atoms with Gasteiger partial charge in [-0.3, -0.25) is 4.79 Å². The average molecular weight is 1140 g/mol. The van der Waals surface area contributed by atoms with Crippen LogP contribution in [-0.4, -0.2) is 83.8 Å². The van der Waals surface area contributed by atoms with Gasteiger partial charge in [0, 0.05) is 65.1 Å². The Balaban J connectivity index is 0.821. The van der Waals surface area contributed by atoms with Crippen LogP contribution in [0.3, 0.4) is 0 Å². The summed E-state index contributed by atoms with van der Waals surface area (Å²) < 4.78 is 25.4. The molecule has 4 saturated carbocycles. The molecule has 6 aromatic carbocycles. The van der Waals surface area contributed by atoms with Crippen LogP contribution < -0.4 is 20.3 Å². The number of carbonyl (C=O) groups is 4. The minimum Gasteiger partial charge on any atom is -0.508 e. The number of benzene rings is 6. The molecule has 4 fully saturated rings. The number of rotatable bonds is 10. The Kier molecular flexibility index (Phi) is 12.2. The summed E-state index contributed by atoms with van der Waals surface area (Å²) in [6, 6.07) is 25.1. The molecule has 4 heterocycles. The second-order valence-electron chi connectivity index (χ2n) is 25.1. The lowest BCUT2D eigenvalue weighted by molar-refractivity contribution is -0.207. The molecule has 4 aliphatic heterocycles. The number of ketones is 1. The van der Waals surface area contributed by atoms with E-state index >= 15 is 9.59 Å². The van der Waals surface area contributed by atoms with E-state index in [2.05, 4.69) is 24.6 Å². The number of fused-ring (bicyclic) bond motifs is 17. The van der Waals surface area contributed by atoms with Crippen molar-refractivity contribution in [2.45, 2.75) is 114 Å². The van der Waals surface area contributed by atoms with Gasteiger partial charge in [-0.1, -0.05) is 57.2 Å². The maximum Gasteiger partial charge on any atom is 0.361 e. The number of aliphatic hydroxyl groups is 3. The van der Waals surface area contributed by atoms with E-state index in [0.29, 0.717) is 47.9 Å². The van der Waals surface area contributed by atoms with Crippen molar-refractivity contribution in [1.82, 2.24) is 0 Å². The van der Waals surface area contributed by atoms with E-state index in [0.717, 1.165) is 19.3 Å². The van der Waals surface area contributed by atoms with Crippen molar-refractivity contribution >= 4 is 35.1 Å². The first-order valence-corrected chi connectivity index (χ1v) is 29.0. The van der Waals surface area contributed by atoms with Gasteiger partial charge in [0.2, 0.25) is 0 Å². The van der Waals surface area contributed by atoms with E-state index in [4.69, 9.17) is 23.8 Å². The van der Waals surface area contributed by atoms with Crippen LogP contribution in [0.4, 0.5) is 11.4 Å². The van der Waals surface area contributed by atoms with E-state index in [9.17, 15) is 45.3 Å². The van der Waals surface area contributed by atoms with Crippen LogP contribution >= 0.6 is 0 Å². The summed E-state index contributed by atoms with van der Waals surface area (Å²) in [7, 11) is 0.